The van der Waals surface area contributed by atoms with Gasteiger partial charge < -0.3 is 24.5 Å². The van der Waals surface area contributed by atoms with Gasteiger partial charge in [-0.3, -0.25) is 0 Å². The Kier molecular flexibility index (Phi) is 5.01. The average molecular weight is 394 g/mol. The first-order chi connectivity index (χ1) is 13.4. The summed E-state index contributed by atoms with van der Waals surface area (Å²) in [4.78, 5) is 29.9. The number of rotatable bonds is 4. The first kappa shape index (κ1) is 19.8. The Hall–Kier alpha value is -1.50. The van der Waals surface area contributed by atoms with E-state index in [1.165, 1.54) is 0 Å². The van der Waals surface area contributed by atoms with Gasteiger partial charge in [0.1, 0.15) is 5.60 Å². The van der Waals surface area contributed by atoms with E-state index < -0.39 is 6.09 Å². The van der Waals surface area contributed by atoms with Crippen molar-refractivity contribution in [3.63, 3.8) is 0 Å². The molecule has 4 unspecified atom stereocenters. The number of carbonyl (C=O) groups is 2. The summed E-state index contributed by atoms with van der Waals surface area (Å²) in [5, 5.41) is 9.39. The monoisotopic (exact) mass is 393 g/mol. The second kappa shape index (κ2) is 7.08. The molecule has 0 bridgehead atoms. The van der Waals surface area contributed by atoms with E-state index in [0.29, 0.717) is 19.1 Å². The van der Waals surface area contributed by atoms with Crippen molar-refractivity contribution in [1.82, 2.24) is 14.7 Å². The zero-order valence-corrected chi connectivity index (χ0v) is 17.5. The predicted octanol–water partition coefficient (Wildman–Crippen LogP) is 3.38. The molecule has 0 radical (unpaired) electrons. The number of nitrogens with zero attached hydrogens (tertiary/aromatic N) is 3. The van der Waals surface area contributed by atoms with Crippen molar-refractivity contribution in [2.45, 2.75) is 89.4 Å². The molecule has 0 aromatic heterocycles. The number of piperidine rings is 1. The highest BCUT2D eigenvalue weighted by Crippen LogP contribution is 2.53. The van der Waals surface area contributed by atoms with Gasteiger partial charge in [0.2, 0.25) is 0 Å². The van der Waals surface area contributed by atoms with Crippen LogP contribution in [-0.4, -0.2) is 81.9 Å². The number of carbonyl (C=O) groups excluding carboxylic acids is 1. The fourth-order valence-corrected chi connectivity index (χ4v) is 6.87. The number of likely N-dealkylation sites (tertiary alicyclic amines) is 2. The van der Waals surface area contributed by atoms with E-state index in [9.17, 15) is 14.7 Å². The number of ether oxygens (including phenoxy) is 1. The molecular formula is C21H35N3O4. The van der Waals surface area contributed by atoms with E-state index in [4.69, 9.17) is 4.74 Å². The van der Waals surface area contributed by atoms with Gasteiger partial charge in [-0.05, 0) is 39.0 Å². The lowest BCUT2D eigenvalue weighted by Gasteiger charge is -2.55. The molecule has 158 valence electrons. The van der Waals surface area contributed by atoms with Gasteiger partial charge in [-0.15, -0.1) is 0 Å². The summed E-state index contributed by atoms with van der Waals surface area (Å²) in [6, 6.07) is 0.925. The smallest absolute Gasteiger partial charge is 0.410 e. The molecule has 4 aliphatic rings. The Labute approximate surface area is 168 Å². The molecule has 4 rings (SSSR count). The van der Waals surface area contributed by atoms with Gasteiger partial charge in [0.25, 0.3) is 0 Å². The third-order valence-electron chi connectivity index (χ3n) is 8.22. The average Bonchev–Trinajstić information content (AvgIpc) is 3.21. The molecule has 4 atom stereocenters. The summed E-state index contributed by atoms with van der Waals surface area (Å²) in [7, 11) is 0. The maximum atomic E-state index is 12.3. The zero-order chi connectivity index (χ0) is 20.1. The summed E-state index contributed by atoms with van der Waals surface area (Å²) < 4.78 is 5.94. The minimum atomic E-state index is -0.769. The molecule has 3 saturated heterocycles. The first-order valence-corrected chi connectivity index (χ1v) is 11.1. The highest BCUT2D eigenvalue weighted by Gasteiger charge is 2.59. The van der Waals surface area contributed by atoms with Crippen molar-refractivity contribution in [3.05, 3.63) is 0 Å². The highest BCUT2D eigenvalue weighted by atomic mass is 16.6. The van der Waals surface area contributed by atoms with Crippen molar-refractivity contribution in [3.8, 4) is 0 Å². The second-order valence-electron chi connectivity index (χ2n) is 9.27. The molecule has 2 amide bonds. The van der Waals surface area contributed by atoms with Crippen LogP contribution in [0.25, 0.3) is 0 Å². The fraction of sp³-hybridized carbons (Fsp3) is 0.905. The first-order valence-electron chi connectivity index (χ1n) is 11.1. The van der Waals surface area contributed by atoms with Crippen LogP contribution in [0.2, 0.25) is 0 Å². The number of hydrogen-bond donors (Lipinski definition) is 1. The second-order valence-corrected chi connectivity index (χ2v) is 9.27. The molecule has 7 heteroatoms. The predicted molar refractivity (Wildman–Crippen MR) is 105 cm³/mol. The number of likely N-dealkylation sites (N-methyl/N-ethyl adjacent to an activating group) is 1. The third-order valence-corrected chi connectivity index (χ3v) is 8.22. The largest absolute Gasteiger partial charge is 0.465 e. The van der Waals surface area contributed by atoms with Crippen LogP contribution in [0.3, 0.4) is 0 Å². The van der Waals surface area contributed by atoms with Crippen LogP contribution in [0.15, 0.2) is 0 Å². The fourth-order valence-electron chi connectivity index (χ4n) is 6.87. The SMILES string of the molecule is CCC1N(C(=O)O)CC12CCC(N1CCC3(CC1)OC(=O)N(CC)C3CC)C2. The Bertz CT molecular complexity index is 633. The number of carboxylic acid groups (broad SMARTS) is 1. The van der Waals surface area contributed by atoms with Crippen molar-refractivity contribution in [1.29, 1.82) is 0 Å². The number of hydrogen-bond acceptors (Lipinski definition) is 4. The van der Waals surface area contributed by atoms with Crippen LogP contribution in [-0.2, 0) is 4.74 Å². The molecule has 1 saturated carbocycles. The molecule has 2 spiro atoms. The molecule has 0 aromatic carbocycles. The van der Waals surface area contributed by atoms with E-state index in [0.717, 1.165) is 58.0 Å². The molecule has 1 N–H and O–H groups in total. The van der Waals surface area contributed by atoms with Gasteiger partial charge in [0, 0.05) is 56.5 Å². The van der Waals surface area contributed by atoms with Gasteiger partial charge in [0.05, 0.1) is 6.04 Å². The molecule has 3 aliphatic heterocycles. The zero-order valence-electron chi connectivity index (χ0n) is 17.5. The maximum Gasteiger partial charge on any atom is 0.410 e. The van der Waals surface area contributed by atoms with Crippen LogP contribution in [0, 0.1) is 5.41 Å². The Morgan fingerprint density at radius 1 is 1.14 bits per heavy atom. The van der Waals surface area contributed by atoms with Gasteiger partial charge >= 0.3 is 12.2 Å². The van der Waals surface area contributed by atoms with Gasteiger partial charge in [-0.2, -0.15) is 0 Å². The molecular weight excluding hydrogens is 358 g/mol. The quantitative estimate of drug-likeness (QED) is 0.793. The summed E-state index contributed by atoms with van der Waals surface area (Å²) in [5.41, 5.74) is -0.116. The molecule has 7 nitrogen and oxygen atoms in total. The lowest BCUT2D eigenvalue weighted by atomic mass is 9.69. The third kappa shape index (κ3) is 2.80. The van der Waals surface area contributed by atoms with E-state index in [1.54, 1.807) is 4.90 Å². The lowest BCUT2D eigenvalue weighted by molar-refractivity contribution is -0.0635. The van der Waals surface area contributed by atoms with E-state index in [-0.39, 0.29) is 29.2 Å². The Morgan fingerprint density at radius 3 is 2.39 bits per heavy atom. The lowest BCUT2D eigenvalue weighted by Crippen LogP contribution is -2.65. The van der Waals surface area contributed by atoms with Crippen molar-refractivity contribution in [2.24, 2.45) is 5.41 Å². The van der Waals surface area contributed by atoms with Gasteiger partial charge in [-0.1, -0.05) is 13.8 Å². The minimum Gasteiger partial charge on any atom is -0.465 e. The van der Waals surface area contributed by atoms with Crippen LogP contribution >= 0.6 is 0 Å². The molecule has 28 heavy (non-hydrogen) atoms. The summed E-state index contributed by atoms with van der Waals surface area (Å²) in [6.45, 7) is 9.66. The Balaban J connectivity index is 1.38. The topological polar surface area (TPSA) is 73.3 Å². The molecule has 0 aromatic rings. The summed E-state index contributed by atoms with van der Waals surface area (Å²) >= 11 is 0. The summed E-state index contributed by atoms with van der Waals surface area (Å²) in [6.07, 6.45) is 6.17. The molecule has 3 heterocycles. The van der Waals surface area contributed by atoms with Crippen LogP contribution in [0.1, 0.15) is 65.7 Å². The normalized spacial score (nSPS) is 37.5. The minimum absolute atomic E-state index is 0.142. The van der Waals surface area contributed by atoms with Gasteiger partial charge in [-0.25, -0.2) is 9.59 Å². The maximum absolute atomic E-state index is 12.3. The van der Waals surface area contributed by atoms with E-state index in [1.807, 2.05) is 11.8 Å². The van der Waals surface area contributed by atoms with Crippen molar-refractivity contribution in [2.75, 3.05) is 26.2 Å². The van der Waals surface area contributed by atoms with E-state index >= 15 is 0 Å². The highest BCUT2D eigenvalue weighted by molar-refractivity contribution is 5.71. The van der Waals surface area contributed by atoms with Crippen LogP contribution < -0.4 is 0 Å². The number of amides is 2. The van der Waals surface area contributed by atoms with Crippen molar-refractivity contribution >= 4 is 12.2 Å². The molecule has 1 aliphatic carbocycles. The van der Waals surface area contributed by atoms with Gasteiger partial charge in [0.15, 0.2) is 0 Å². The summed E-state index contributed by atoms with van der Waals surface area (Å²) in [5.74, 6) is 0. The standard InChI is InChI=1S/C21H35N3O4/c1-4-16-20(14-24(16)18(25)26)8-7-15(13-20)22-11-9-21(10-12-22)17(5-2)23(6-3)19(27)28-21/h15-17H,4-14H2,1-3H3,(H,25,26). The van der Waals surface area contributed by atoms with Crippen LogP contribution in [0.4, 0.5) is 9.59 Å². The van der Waals surface area contributed by atoms with Crippen LogP contribution in [0.5, 0.6) is 0 Å². The Morgan fingerprint density at radius 2 is 1.82 bits per heavy atom. The van der Waals surface area contributed by atoms with E-state index in [2.05, 4.69) is 18.7 Å². The van der Waals surface area contributed by atoms with Crippen molar-refractivity contribution < 1.29 is 19.4 Å². The molecule has 4 fully saturated rings.